The third-order valence-electron chi connectivity index (χ3n) is 13.3. The molecule has 2 heteroatoms. The molecule has 1 heterocycles. The highest BCUT2D eigenvalue weighted by molar-refractivity contribution is 7.27. The van der Waals surface area contributed by atoms with Gasteiger partial charge in [0.1, 0.15) is 0 Å². The third-order valence-corrected chi connectivity index (χ3v) is 14.6. The van der Waals surface area contributed by atoms with E-state index in [0.717, 1.165) is 5.69 Å². The van der Waals surface area contributed by atoms with E-state index < -0.39 is 5.41 Å². The SMILES string of the molecule is c1ccc(-c2cccc3c2sc2c(N(c4ccccc4-c4cccc5ccccc45)c4cccc5c4-c4ccccc4C54c5ccccc5-c5ccccc54)cccc23)cc1. The summed E-state index contributed by atoms with van der Waals surface area (Å²) in [5.41, 5.74) is 18.5. The number of para-hydroxylation sites is 1. The Labute approximate surface area is 359 Å². The van der Waals surface area contributed by atoms with Gasteiger partial charge in [0.05, 0.1) is 27.2 Å². The van der Waals surface area contributed by atoms with Gasteiger partial charge in [-0.25, -0.2) is 0 Å². The molecule has 10 aromatic carbocycles. The average molecular weight is 792 g/mol. The first-order valence-corrected chi connectivity index (χ1v) is 21.9. The normalized spacial score (nSPS) is 13.0. The fourth-order valence-corrected chi connectivity index (χ4v) is 12.2. The Morgan fingerprint density at radius 3 is 1.56 bits per heavy atom. The fraction of sp³-hybridized carbons (Fsp3) is 0.0169. The van der Waals surface area contributed by atoms with Gasteiger partial charge in [0.25, 0.3) is 0 Å². The molecule has 0 N–H and O–H groups in total. The minimum atomic E-state index is -0.454. The lowest BCUT2D eigenvalue weighted by Gasteiger charge is -2.32. The van der Waals surface area contributed by atoms with Crippen LogP contribution in [0.4, 0.5) is 17.1 Å². The van der Waals surface area contributed by atoms with Crippen molar-refractivity contribution in [1.82, 2.24) is 0 Å². The van der Waals surface area contributed by atoms with Gasteiger partial charge in [0.2, 0.25) is 0 Å². The first-order chi connectivity index (χ1) is 30.3. The second-order valence-electron chi connectivity index (χ2n) is 16.3. The predicted molar refractivity (Wildman–Crippen MR) is 259 cm³/mol. The highest BCUT2D eigenvalue weighted by Crippen LogP contribution is 2.65. The maximum Gasteiger partial charge on any atom is 0.0726 e. The van der Waals surface area contributed by atoms with Gasteiger partial charge in [0, 0.05) is 26.6 Å². The Balaban J connectivity index is 1.15. The third kappa shape index (κ3) is 4.77. The summed E-state index contributed by atoms with van der Waals surface area (Å²) in [7, 11) is 0. The molecular formula is C59H37NS. The summed E-state index contributed by atoms with van der Waals surface area (Å²) in [4.78, 5) is 2.60. The number of anilines is 3. The zero-order chi connectivity index (χ0) is 40.1. The van der Waals surface area contributed by atoms with Crippen molar-refractivity contribution in [3.63, 3.8) is 0 Å². The van der Waals surface area contributed by atoms with Gasteiger partial charge in [-0.05, 0) is 84.6 Å². The smallest absolute Gasteiger partial charge is 0.0726 e. The number of benzene rings is 10. The van der Waals surface area contributed by atoms with E-state index in [0.29, 0.717) is 0 Å². The topological polar surface area (TPSA) is 3.24 Å². The van der Waals surface area contributed by atoms with E-state index in [-0.39, 0.29) is 0 Å². The number of fused-ring (bicyclic) bond motifs is 14. The van der Waals surface area contributed by atoms with Crippen molar-refractivity contribution in [2.75, 3.05) is 4.90 Å². The van der Waals surface area contributed by atoms with Crippen LogP contribution in [0.15, 0.2) is 224 Å². The van der Waals surface area contributed by atoms with Crippen molar-refractivity contribution in [2.24, 2.45) is 0 Å². The van der Waals surface area contributed by atoms with Crippen molar-refractivity contribution >= 4 is 59.3 Å². The molecule has 0 radical (unpaired) electrons. The zero-order valence-corrected chi connectivity index (χ0v) is 34.0. The standard InChI is InChI=1S/C59H37NS/c1-2-18-39(19-3-1)41-27-15-29-46-47-30-16-37-55(58(47)61-57(41)46)60(53-35-13-9-25-45(53)42-28-14-21-38-20-4-5-22-40(38)42)54-36-17-34-52-56(54)48-26-8-12-33-51(48)59(52)49-31-10-6-23-43(49)44-24-7-11-32-50(44)59/h1-37H. The first-order valence-electron chi connectivity index (χ1n) is 21.1. The predicted octanol–water partition coefficient (Wildman–Crippen LogP) is 16.4. The van der Waals surface area contributed by atoms with Crippen LogP contribution >= 0.6 is 11.3 Å². The van der Waals surface area contributed by atoms with Gasteiger partial charge in [-0.2, -0.15) is 0 Å². The summed E-state index contributed by atoms with van der Waals surface area (Å²) >= 11 is 1.91. The maximum atomic E-state index is 2.60. The van der Waals surface area contributed by atoms with Gasteiger partial charge < -0.3 is 4.90 Å². The van der Waals surface area contributed by atoms with E-state index in [4.69, 9.17) is 0 Å². The van der Waals surface area contributed by atoms with Gasteiger partial charge >= 0.3 is 0 Å². The molecule has 61 heavy (non-hydrogen) atoms. The molecule has 1 aromatic heterocycles. The molecule has 0 unspecified atom stereocenters. The monoisotopic (exact) mass is 791 g/mol. The molecule has 2 aliphatic rings. The number of thiophene rings is 1. The molecule has 0 atom stereocenters. The van der Waals surface area contributed by atoms with E-state index >= 15 is 0 Å². The molecular weight excluding hydrogens is 755 g/mol. The highest BCUT2D eigenvalue weighted by Gasteiger charge is 2.52. The van der Waals surface area contributed by atoms with Crippen LogP contribution in [0.2, 0.25) is 0 Å². The molecule has 284 valence electrons. The minimum Gasteiger partial charge on any atom is -0.308 e. The van der Waals surface area contributed by atoms with Crippen molar-refractivity contribution < 1.29 is 0 Å². The Morgan fingerprint density at radius 1 is 0.295 bits per heavy atom. The lowest BCUT2D eigenvalue weighted by molar-refractivity contribution is 0.794. The molecule has 0 bridgehead atoms. The summed E-state index contributed by atoms with van der Waals surface area (Å²) < 4.78 is 2.57. The van der Waals surface area contributed by atoms with Crippen LogP contribution in [0, 0.1) is 0 Å². The van der Waals surface area contributed by atoms with E-state index in [1.54, 1.807) is 0 Å². The van der Waals surface area contributed by atoms with Crippen LogP contribution in [0.3, 0.4) is 0 Å². The Kier molecular flexibility index (Phi) is 7.46. The summed E-state index contributed by atoms with van der Waals surface area (Å²) in [6.07, 6.45) is 0. The fourth-order valence-electron chi connectivity index (χ4n) is 10.9. The molecule has 13 rings (SSSR count). The molecule has 0 fully saturated rings. The highest BCUT2D eigenvalue weighted by atomic mass is 32.1. The Bertz CT molecular complexity index is 3510. The van der Waals surface area contributed by atoms with E-state index in [2.05, 4.69) is 229 Å². The summed E-state index contributed by atoms with van der Waals surface area (Å²) in [6, 6.07) is 83.5. The molecule has 0 saturated heterocycles. The van der Waals surface area contributed by atoms with Crippen LogP contribution in [-0.4, -0.2) is 0 Å². The van der Waals surface area contributed by atoms with Crippen LogP contribution < -0.4 is 4.90 Å². The summed E-state index contributed by atoms with van der Waals surface area (Å²) in [5, 5.41) is 5.03. The second-order valence-corrected chi connectivity index (χ2v) is 17.3. The van der Waals surface area contributed by atoms with Crippen molar-refractivity contribution in [1.29, 1.82) is 0 Å². The number of hydrogen-bond donors (Lipinski definition) is 0. The molecule has 1 spiro atoms. The van der Waals surface area contributed by atoms with Crippen LogP contribution in [-0.2, 0) is 5.41 Å². The molecule has 0 saturated carbocycles. The molecule has 1 nitrogen and oxygen atoms in total. The molecule has 0 amide bonds. The van der Waals surface area contributed by atoms with Gasteiger partial charge in [-0.3, -0.25) is 0 Å². The lowest BCUT2D eigenvalue weighted by Crippen LogP contribution is -2.26. The zero-order valence-electron chi connectivity index (χ0n) is 33.2. The number of rotatable bonds is 5. The van der Waals surface area contributed by atoms with Crippen molar-refractivity contribution in [3.8, 4) is 44.5 Å². The summed E-state index contributed by atoms with van der Waals surface area (Å²) in [6.45, 7) is 0. The quantitative estimate of drug-likeness (QED) is 0.168. The van der Waals surface area contributed by atoms with E-state index in [1.165, 1.54) is 109 Å². The largest absolute Gasteiger partial charge is 0.308 e. The van der Waals surface area contributed by atoms with Gasteiger partial charge in [-0.15, -0.1) is 11.3 Å². The molecule has 2 aliphatic carbocycles. The second kappa shape index (κ2) is 13.2. The Morgan fingerprint density at radius 2 is 0.770 bits per heavy atom. The maximum absolute atomic E-state index is 2.60. The lowest BCUT2D eigenvalue weighted by atomic mass is 9.70. The van der Waals surface area contributed by atoms with Gasteiger partial charge in [-0.1, -0.05) is 206 Å². The number of hydrogen-bond acceptors (Lipinski definition) is 2. The first kappa shape index (κ1) is 34.4. The molecule has 11 aromatic rings. The minimum absolute atomic E-state index is 0.454. The summed E-state index contributed by atoms with van der Waals surface area (Å²) in [5.74, 6) is 0. The Hall–Kier alpha value is -7.52. The van der Waals surface area contributed by atoms with Crippen LogP contribution in [0.5, 0.6) is 0 Å². The average Bonchev–Trinajstić information content (AvgIpc) is 3.97. The number of nitrogens with zero attached hydrogens (tertiary/aromatic N) is 1. The van der Waals surface area contributed by atoms with Crippen LogP contribution in [0.1, 0.15) is 22.3 Å². The van der Waals surface area contributed by atoms with Crippen LogP contribution in [0.25, 0.3) is 75.5 Å². The van der Waals surface area contributed by atoms with E-state index in [1.807, 2.05) is 11.3 Å². The molecule has 0 aliphatic heterocycles. The van der Waals surface area contributed by atoms with E-state index in [9.17, 15) is 0 Å². The van der Waals surface area contributed by atoms with Crippen molar-refractivity contribution in [3.05, 3.63) is 247 Å². The van der Waals surface area contributed by atoms with Crippen molar-refractivity contribution in [2.45, 2.75) is 5.41 Å². The van der Waals surface area contributed by atoms with Gasteiger partial charge in [0.15, 0.2) is 0 Å².